The molecule has 0 bridgehead atoms. The first-order chi connectivity index (χ1) is 9.08. The normalized spacial score (nSPS) is 19.4. The molecule has 7 nitrogen and oxygen atoms in total. The predicted octanol–water partition coefficient (Wildman–Crippen LogP) is 1.38. The standard InChI is InChI=1S/C12H16N4O3/c1-8-10(16(18)19)5-6-11(14-8)15-9-4-2-3-7-13-12(9)17/h5-6,9H,2-4,7H2,1H3,(H,13,17)(H,14,15)/t9-/m1/s1. The molecule has 0 aromatic carbocycles. The van der Waals surface area contributed by atoms with Gasteiger partial charge in [0.25, 0.3) is 5.69 Å². The molecule has 0 unspecified atom stereocenters. The first-order valence-corrected chi connectivity index (χ1v) is 6.24. The molecule has 1 aromatic rings. The van der Waals surface area contributed by atoms with Gasteiger partial charge in [0.05, 0.1) is 4.92 Å². The molecule has 19 heavy (non-hydrogen) atoms. The Bertz CT molecular complexity index is 504. The zero-order valence-corrected chi connectivity index (χ0v) is 10.7. The largest absolute Gasteiger partial charge is 0.358 e. The molecule has 1 atom stereocenters. The third-order valence-corrected chi connectivity index (χ3v) is 3.11. The van der Waals surface area contributed by atoms with E-state index in [0.717, 1.165) is 19.3 Å². The molecule has 7 heteroatoms. The van der Waals surface area contributed by atoms with E-state index in [9.17, 15) is 14.9 Å². The van der Waals surface area contributed by atoms with Crippen molar-refractivity contribution in [2.75, 3.05) is 11.9 Å². The maximum absolute atomic E-state index is 11.8. The number of aryl methyl sites for hydroxylation is 1. The van der Waals surface area contributed by atoms with Gasteiger partial charge in [-0.05, 0) is 32.3 Å². The Kier molecular flexibility index (Phi) is 3.94. The second-order valence-corrected chi connectivity index (χ2v) is 4.54. The zero-order chi connectivity index (χ0) is 13.8. The van der Waals surface area contributed by atoms with Crippen molar-refractivity contribution in [3.05, 3.63) is 27.9 Å². The summed E-state index contributed by atoms with van der Waals surface area (Å²) >= 11 is 0. The fourth-order valence-electron chi connectivity index (χ4n) is 2.08. The summed E-state index contributed by atoms with van der Waals surface area (Å²) in [5.74, 6) is 0.445. The third-order valence-electron chi connectivity index (χ3n) is 3.11. The smallest absolute Gasteiger partial charge is 0.290 e. The van der Waals surface area contributed by atoms with Crippen LogP contribution >= 0.6 is 0 Å². The van der Waals surface area contributed by atoms with Crippen LogP contribution in [0.3, 0.4) is 0 Å². The van der Waals surface area contributed by atoms with Crippen LogP contribution in [0.5, 0.6) is 0 Å². The number of pyridine rings is 1. The Morgan fingerprint density at radius 1 is 1.47 bits per heavy atom. The Labute approximate surface area is 110 Å². The predicted molar refractivity (Wildman–Crippen MR) is 69.9 cm³/mol. The van der Waals surface area contributed by atoms with Crippen LogP contribution < -0.4 is 10.6 Å². The average Bonchev–Trinajstić information content (AvgIpc) is 2.55. The number of anilines is 1. The molecule has 102 valence electrons. The van der Waals surface area contributed by atoms with Gasteiger partial charge in [0.2, 0.25) is 5.91 Å². The maximum atomic E-state index is 11.8. The molecule has 0 spiro atoms. The molecule has 1 aliphatic rings. The lowest BCUT2D eigenvalue weighted by Gasteiger charge is -2.15. The minimum absolute atomic E-state index is 0.0177. The van der Waals surface area contributed by atoms with Gasteiger partial charge in [0.15, 0.2) is 0 Å². The first kappa shape index (κ1) is 13.3. The second kappa shape index (κ2) is 5.64. The second-order valence-electron chi connectivity index (χ2n) is 4.54. The topological polar surface area (TPSA) is 97.2 Å². The van der Waals surface area contributed by atoms with Crippen molar-refractivity contribution in [1.82, 2.24) is 10.3 Å². The molecule has 0 aliphatic carbocycles. The summed E-state index contributed by atoms with van der Waals surface area (Å²) in [4.78, 5) is 26.1. The third kappa shape index (κ3) is 3.18. The monoisotopic (exact) mass is 264 g/mol. The van der Waals surface area contributed by atoms with Crippen LogP contribution in [-0.4, -0.2) is 28.4 Å². The average molecular weight is 264 g/mol. The van der Waals surface area contributed by atoms with Gasteiger partial charge >= 0.3 is 0 Å². The molecule has 1 amide bonds. The van der Waals surface area contributed by atoms with E-state index in [-0.39, 0.29) is 17.6 Å². The Hall–Kier alpha value is -2.18. The van der Waals surface area contributed by atoms with Crippen LogP contribution in [0.2, 0.25) is 0 Å². The SMILES string of the molecule is Cc1nc(N[C@@H]2CCCCNC2=O)ccc1[N+](=O)[O-]. The van der Waals surface area contributed by atoms with Crippen molar-refractivity contribution in [2.24, 2.45) is 0 Å². The highest BCUT2D eigenvalue weighted by Gasteiger charge is 2.21. The lowest BCUT2D eigenvalue weighted by Crippen LogP contribution is -2.38. The number of carbonyl (C=O) groups is 1. The molecule has 2 rings (SSSR count). The highest BCUT2D eigenvalue weighted by Crippen LogP contribution is 2.19. The molecule has 1 aliphatic heterocycles. The van der Waals surface area contributed by atoms with Gasteiger partial charge in [-0.25, -0.2) is 4.98 Å². The van der Waals surface area contributed by atoms with Gasteiger partial charge < -0.3 is 10.6 Å². The van der Waals surface area contributed by atoms with Gasteiger partial charge in [-0.15, -0.1) is 0 Å². The molecular weight excluding hydrogens is 248 g/mol. The summed E-state index contributed by atoms with van der Waals surface area (Å²) in [5, 5.41) is 16.6. The van der Waals surface area contributed by atoms with Crippen molar-refractivity contribution in [3.63, 3.8) is 0 Å². The summed E-state index contributed by atoms with van der Waals surface area (Å²) in [6.45, 7) is 2.28. The lowest BCUT2D eigenvalue weighted by molar-refractivity contribution is -0.385. The van der Waals surface area contributed by atoms with E-state index in [0.29, 0.717) is 18.1 Å². The maximum Gasteiger partial charge on any atom is 0.290 e. The molecule has 1 saturated heterocycles. The molecule has 1 fully saturated rings. The van der Waals surface area contributed by atoms with E-state index in [1.165, 1.54) is 12.1 Å². The molecule has 2 N–H and O–H groups in total. The van der Waals surface area contributed by atoms with Crippen LogP contribution in [0.4, 0.5) is 11.5 Å². The highest BCUT2D eigenvalue weighted by molar-refractivity contribution is 5.84. The first-order valence-electron chi connectivity index (χ1n) is 6.24. The van der Waals surface area contributed by atoms with Crippen LogP contribution in [-0.2, 0) is 4.79 Å². The molecule has 2 heterocycles. The van der Waals surface area contributed by atoms with E-state index in [4.69, 9.17) is 0 Å². The number of hydrogen-bond acceptors (Lipinski definition) is 5. The number of amides is 1. The Morgan fingerprint density at radius 3 is 2.95 bits per heavy atom. The number of hydrogen-bond donors (Lipinski definition) is 2. The van der Waals surface area contributed by atoms with Crippen molar-refractivity contribution in [3.8, 4) is 0 Å². The minimum atomic E-state index is -0.468. The van der Waals surface area contributed by atoms with Gasteiger partial charge in [-0.3, -0.25) is 14.9 Å². The van der Waals surface area contributed by atoms with E-state index in [1.807, 2.05) is 0 Å². The summed E-state index contributed by atoms with van der Waals surface area (Å²) in [6, 6.07) is 2.61. The molecule has 0 saturated carbocycles. The molecule has 0 radical (unpaired) electrons. The number of aromatic nitrogens is 1. The number of rotatable bonds is 3. The summed E-state index contributed by atoms with van der Waals surface area (Å²) in [5.41, 5.74) is 0.319. The van der Waals surface area contributed by atoms with Crippen molar-refractivity contribution in [2.45, 2.75) is 32.2 Å². The zero-order valence-electron chi connectivity index (χ0n) is 10.7. The number of nitrogens with zero attached hydrogens (tertiary/aromatic N) is 2. The summed E-state index contributed by atoms with van der Waals surface area (Å²) in [7, 11) is 0. The summed E-state index contributed by atoms with van der Waals surface area (Å²) < 4.78 is 0. The molecular formula is C12H16N4O3. The van der Waals surface area contributed by atoms with Crippen molar-refractivity contribution >= 4 is 17.4 Å². The van der Waals surface area contributed by atoms with E-state index in [1.54, 1.807) is 6.92 Å². The van der Waals surface area contributed by atoms with E-state index < -0.39 is 4.92 Å². The summed E-state index contributed by atoms with van der Waals surface area (Å²) in [6.07, 6.45) is 2.67. The fourth-order valence-corrected chi connectivity index (χ4v) is 2.08. The lowest BCUT2D eigenvalue weighted by atomic mass is 10.1. The van der Waals surface area contributed by atoms with Crippen LogP contribution in [0.15, 0.2) is 12.1 Å². The minimum Gasteiger partial charge on any atom is -0.358 e. The fraction of sp³-hybridized carbons (Fsp3) is 0.500. The van der Waals surface area contributed by atoms with Crippen LogP contribution in [0, 0.1) is 17.0 Å². The van der Waals surface area contributed by atoms with Gasteiger partial charge in [-0.1, -0.05) is 0 Å². The van der Waals surface area contributed by atoms with Gasteiger partial charge in [-0.2, -0.15) is 0 Å². The van der Waals surface area contributed by atoms with Crippen molar-refractivity contribution < 1.29 is 9.72 Å². The number of carbonyl (C=O) groups excluding carboxylic acids is 1. The quantitative estimate of drug-likeness (QED) is 0.635. The number of nitro groups is 1. The van der Waals surface area contributed by atoms with E-state index >= 15 is 0 Å². The van der Waals surface area contributed by atoms with Crippen LogP contribution in [0.25, 0.3) is 0 Å². The number of nitrogens with one attached hydrogen (secondary N) is 2. The van der Waals surface area contributed by atoms with E-state index in [2.05, 4.69) is 15.6 Å². The highest BCUT2D eigenvalue weighted by atomic mass is 16.6. The Balaban J connectivity index is 2.12. The van der Waals surface area contributed by atoms with Crippen molar-refractivity contribution in [1.29, 1.82) is 0 Å². The van der Waals surface area contributed by atoms with Crippen LogP contribution in [0.1, 0.15) is 25.0 Å². The molecule has 1 aromatic heterocycles. The van der Waals surface area contributed by atoms with Gasteiger partial charge in [0.1, 0.15) is 17.6 Å². The van der Waals surface area contributed by atoms with Gasteiger partial charge in [0, 0.05) is 12.6 Å². The Morgan fingerprint density at radius 2 is 2.26 bits per heavy atom.